The summed E-state index contributed by atoms with van der Waals surface area (Å²) < 4.78 is 38.5. The molecule has 0 fully saturated rings. The molecule has 0 aliphatic heterocycles. The summed E-state index contributed by atoms with van der Waals surface area (Å²) in [5.41, 5.74) is -0.304. The average molecular weight is 402 g/mol. The van der Waals surface area contributed by atoms with Crippen molar-refractivity contribution in [2.24, 2.45) is 0 Å². The van der Waals surface area contributed by atoms with Gasteiger partial charge in [-0.3, -0.25) is 0 Å². The summed E-state index contributed by atoms with van der Waals surface area (Å²) in [6.45, 7) is 2.60. The lowest BCUT2D eigenvalue weighted by atomic mass is 10.2. The minimum Gasteiger partial charge on any atom is -0.370 e. The van der Waals surface area contributed by atoms with E-state index in [1.54, 1.807) is 6.08 Å². The first-order valence-electron chi connectivity index (χ1n) is 5.69. The van der Waals surface area contributed by atoms with Crippen molar-refractivity contribution in [2.45, 2.75) is 25.9 Å². The van der Waals surface area contributed by atoms with Crippen molar-refractivity contribution in [3.05, 3.63) is 26.8 Å². The molecule has 0 saturated carbocycles. The molecule has 19 heavy (non-hydrogen) atoms. The molecule has 0 aliphatic rings. The van der Waals surface area contributed by atoms with Gasteiger partial charge in [0, 0.05) is 12.1 Å². The molecular weight excluding hydrogens is 389 g/mol. The van der Waals surface area contributed by atoms with Gasteiger partial charge >= 0.3 is 6.18 Å². The van der Waals surface area contributed by atoms with Gasteiger partial charge in [-0.15, -0.1) is 0 Å². The van der Waals surface area contributed by atoms with E-state index < -0.39 is 11.9 Å². The van der Waals surface area contributed by atoms with E-state index in [9.17, 15) is 13.2 Å². The van der Waals surface area contributed by atoms with Gasteiger partial charge in [0.1, 0.15) is 11.5 Å². The predicted molar refractivity (Wildman–Crippen MR) is 78.5 cm³/mol. The van der Waals surface area contributed by atoms with Gasteiger partial charge in [-0.2, -0.15) is 13.2 Å². The number of hydrogen-bond acceptors (Lipinski definition) is 2. The van der Waals surface area contributed by atoms with Crippen LogP contribution in [0.4, 0.5) is 19.0 Å². The van der Waals surface area contributed by atoms with Crippen LogP contribution >= 0.6 is 31.9 Å². The number of nitrogens with one attached hydrogen (secondary N) is 1. The quantitative estimate of drug-likeness (QED) is 0.668. The molecule has 0 atom stereocenters. The third kappa shape index (κ3) is 5.52. The summed E-state index contributed by atoms with van der Waals surface area (Å²) in [5.74, 6) is 0.236. The summed E-state index contributed by atoms with van der Waals surface area (Å²) in [6, 6.07) is 2.37. The van der Waals surface area contributed by atoms with Gasteiger partial charge in [0.25, 0.3) is 0 Å². The molecule has 1 rings (SSSR count). The highest BCUT2D eigenvalue weighted by Crippen LogP contribution is 2.31. The fourth-order valence-corrected chi connectivity index (χ4v) is 1.88. The van der Waals surface area contributed by atoms with E-state index in [-0.39, 0.29) is 5.82 Å². The molecule has 0 amide bonds. The second-order valence-corrected chi connectivity index (χ2v) is 6.62. The van der Waals surface area contributed by atoms with Crippen molar-refractivity contribution in [1.82, 2.24) is 4.98 Å². The summed E-state index contributed by atoms with van der Waals surface area (Å²) in [4.78, 5) is 3.65. The Labute approximate surface area is 126 Å². The van der Waals surface area contributed by atoms with Gasteiger partial charge in [0.2, 0.25) is 0 Å². The number of unbranched alkanes of at least 4 members (excludes halogenated alkanes) is 1. The first-order valence-corrected chi connectivity index (χ1v) is 7.28. The first-order chi connectivity index (χ1) is 8.84. The predicted octanol–water partition coefficient (Wildman–Crippen LogP) is 5.40. The Bertz CT molecular complexity index is 455. The minimum absolute atomic E-state index is 0.236. The molecule has 7 heteroatoms. The summed E-state index contributed by atoms with van der Waals surface area (Å²) in [6.07, 6.45) is -0.952. The molecule has 2 nitrogen and oxygen atoms in total. The van der Waals surface area contributed by atoms with E-state index in [2.05, 4.69) is 42.2 Å². The molecule has 0 aliphatic carbocycles. The van der Waals surface area contributed by atoms with Crippen LogP contribution in [-0.2, 0) is 6.18 Å². The molecule has 1 heterocycles. The highest BCUT2D eigenvalue weighted by Gasteiger charge is 2.32. The monoisotopic (exact) mass is 400 g/mol. The van der Waals surface area contributed by atoms with Crippen LogP contribution in [0.5, 0.6) is 0 Å². The molecular formula is C12H13Br2F3N2. The van der Waals surface area contributed by atoms with E-state index in [0.717, 1.165) is 18.9 Å². The fraction of sp³-hybridized carbons (Fsp3) is 0.417. The van der Waals surface area contributed by atoms with E-state index in [4.69, 9.17) is 0 Å². The van der Waals surface area contributed by atoms with E-state index >= 15 is 0 Å². The third-order valence-corrected chi connectivity index (χ3v) is 2.76. The zero-order valence-electron chi connectivity index (χ0n) is 10.2. The number of aromatic nitrogens is 1. The Morgan fingerprint density at radius 1 is 1.37 bits per heavy atom. The van der Waals surface area contributed by atoms with Crippen LogP contribution in [0.3, 0.4) is 0 Å². The Balaban J connectivity index is 3.07. The molecule has 1 aromatic heterocycles. The lowest BCUT2D eigenvalue weighted by Crippen LogP contribution is -2.12. The molecule has 0 aromatic carbocycles. The second kappa shape index (κ2) is 7.28. The fourth-order valence-electron chi connectivity index (χ4n) is 1.39. The lowest BCUT2D eigenvalue weighted by molar-refractivity contribution is -0.141. The summed E-state index contributed by atoms with van der Waals surface area (Å²) in [5, 5.41) is 2.93. The smallest absolute Gasteiger partial charge is 0.370 e. The SMILES string of the molecule is CCCCNc1nc(C(F)(F)F)ccc1C=C(Br)Br. The van der Waals surface area contributed by atoms with E-state index in [1.807, 2.05) is 6.92 Å². The largest absolute Gasteiger partial charge is 0.433 e. The number of hydrogen-bond donors (Lipinski definition) is 1. The van der Waals surface area contributed by atoms with Gasteiger partial charge in [-0.05, 0) is 56.5 Å². The highest BCUT2D eigenvalue weighted by molar-refractivity contribution is 9.28. The molecule has 0 unspecified atom stereocenters. The zero-order chi connectivity index (χ0) is 14.5. The Morgan fingerprint density at radius 2 is 2.05 bits per heavy atom. The summed E-state index contributed by atoms with van der Waals surface area (Å²) in [7, 11) is 0. The maximum Gasteiger partial charge on any atom is 0.433 e. The van der Waals surface area contributed by atoms with Crippen molar-refractivity contribution < 1.29 is 13.2 Å². The number of pyridine rings is 1. The summed E-state index contributed by atoms with van der Waals surface area (Å²) >= 11 is 6.37. The van der Waals surface area contributed by atoms with Crippen LogP contribution in [0, 0.1) is 0 Å². The second-order valence-electron chi connectivity index (χ2n) is 3.85. The Morgan fingerprint density at radius 3 is 2.58 bits per heavy atom. The molecule has 1 N–H and O–H groups in total. The van der Waals surface area contributed by atoms with Crippen LogP contribution in [-0.4, -0.2) is 11.5 Å². The van der Waals surface area contributed by atoms with E-state index in [0.29, 0.717) is 15.5 Å². The number of anilines is 1. The molecule has 0 radical (unpaired) electrons. The van der Waals surface area contributed by atoms with Crippen LogP contribution in [0.25, 0.3) is 6.08 Å². The zero-order valence-corrected chi connectivity index (χ0v) is 13.4. The molecule has 106 valence electrons. The van der Waals surface area contributed by atoms with Crippen molar-refractivity contribution in [2.75, 3.05) is 11.9 Å². The Hall–Kier alpha value is -0.560. The number of halogens is 5. The maximum atomic E-state index is 12.6. The average Bonchev–Trinajstić information content (AvgIpc) is 2.29. The van der Waals surface area contributed by atoms with Gasteiger partial charge < -0.3 is 5.32 Å². The minimum atomic E-state index is -4.44. The third-order valence-electron chi connectivity index (χ3n) is 2.30. The van der Waals surface area contributed by atoms with Crippen molar-refractivity contribution in [3.63, 3.8) is 0 Å². The van der Waals surface area contributed by atoms with Gasteiger partial charge in [-0.1, -0.05) is 13.3 Å². The van der Waals surface area contributed by atoms with Gasteiger partial charge in [0.15, 0.2) is 0 Å². The number of alkyl halides is 3. The van der Waals surface area contributed by atoms with E-state index in [1.165, 1.54) is 6.07 Å². The first kappa shape index (κ1) is 16.5. The molecule has 0 bridgehead atoms. The Kier molecular flexibility index (Phi) is 6.32. The van der Waals surface area contributed by atoms with Crippen LogP contribution < -0.4 is 5.32 Å². The van der Waals surface area contributed by atoms with Crippen molar-refractivity contribution in [1.29, 1.82) is 0 Å². The standard InChI is InChI=1S/C12H13Br2F3N2/c1-2-3-6-18-11-8(7-10(13)14)4-5-9(19-11)12(15,16)17/h4-5,7H,2-3,6H2,1H3,(H,18,19). The molecule has 1 aromatic rings. The van der Waals surface area contributed by atoms with Crippen LogP contribution in [0.2, 0.25) is 0 Å². The topological polar surface area (TPSA) is 24.9 Å². The molecule has 0 saturated heterocycles. The normalized spacial score (nSPS) is 11.3. The van der Waals surface area contributed by atoms with Crippen LogP contribution in [0.1, 0.15) is 31.0 Å². The van der Waals surface area contributed by atoms with Crippen molar-refractivity contribution in [3.8, 4) is 0 Å². The van der Waals surface area contributed by atoms with Crippen LogP contribution in [0.15, 0.2) is 15.5 Å². The lowest BCUT2D eigenvalue weighted by Gasteiger charge is -2.12. The van der Waals surface area contributed by atoms with Gasteiger partial charge in [-0.25, -0.2) is 4.98 Å². The molecule has 0 spiro atoms. The van der Waals surface area contributed by atoms with Crippen molar-refractivity contribution >= 4 is 43.8 Å². The number of rotatable bonds is 5. The highest BCUT2D eigenvalue weighted by atomic mass is 79.9. The maximum absolute atomic E-state index is 12.6. The number of nitrogens with zero attached hydrogens (tertiary/aromatic N) is 1. The van der Waals surface area contributed by atoms with Gasteiger partial charge in [0.05, 0.1) is 3.39 Å².